The molecule has 0 heterocycles. The van der Waals surface area contributed by atoms with E-state index in [2.05, 4.69) is 5.16 Å². The van der Waals surface area contributed by atoms with E-state index >= 15 is 0 Å². The summed E-state index contributed by atoms with van der Waals surface area (Å²) in [6.07, 6.45) is 2.79. The van der Waals surface area contributed by atoms with Crippen LogP contribution in [0.25, 0.3) is 5.57 Å². The van der Waals surface area contributed by atoms with E-state index < -0.39 is 5.97 Å². The molecule has 1 N–H and O–H groups in total. The molecule has 0 radical (unpaired) electrons. The Morgan fingerprint density at radius 1 is 0.939 bits per heavy atom. The van der Waals surface area contributed by atoms with Gasteiger partial charge in [-0.05, 0) is 34.9 Å². The minimum absolute atomic E-state index is 0.0418. The molecule has 33 heavy (non-hydrogen) atoms. The molecule has 0 unspecified atom stereocenters. The van der Waals surface area contributed by atoms with Crippen LogP contribution in [0.4, 0.5) is 0 Å². The summed E-state index contributed by atoms with van der Waals surface area (Å²) >= 11 is 0. The van der Waals surface area contributed by atoms with Crippen molar-refractivity contribution >= 4 is 17.8 Å². The minimum Gasteiger partial charge on any atom is -0.503 e. The Kier molecular flexibility index (Phi) is 8.48. The van der Waals surface area contributed by atoms with Gasteiger partial charge in [0.15, 0.2) is 11.5 Å². The second-order valence-electron chi connectivity index (χ2n) is 6.92. The maximum absolute atomic E-state index is 11.6. The van der Waals surface area contributed by atoms with Crippen molar-refractivity contribution in [3.63, 3.8) is 0 Å². The molecule has 7 nitrogen and oxygen atoms in total. The summed E-state index contributed by atoms with van der Waals surface area (Å²) in [4.78, 5) is 17.0. The first-order valence-electron chi connectivity index (χ1n) is 10.2. The van der Waals surface area contributed by atoms with E-state index in [1.165, 1.54) is 13.4 Å². The van der Waals surface area contributed by atoms with E-state index in [0.717, 1.165) is 11.1 Å². The highest BCUT2D eigenvalue weighted by Gasteiger charge is 2.16. The molecular weight excluding hydrogens is 422 g/mol. The van der Waals surface area contributed by atoms with Crippen LogP contribution in [0.15, 0.2) is 84.2 Å². The SMILES string of the molecule is COC=C(C(=O)O)c1ccccc1COc1cc(/C=N/OCc2ccccc2)ccc1OC. The predicted molar refractivity (Wildman–Crippen MR) is 125 cm³/mol. The van der Waals surface area contributed by atoms with Gasteiger partial charge in [-0.15, -0.1) is 0 Å². The van der Waals surface area contributed by atoms with Crippen molar-refractivity contribution in [3.05, 3.63) is 101 Å². The molecule has 0 spiro atoms. The number of carboxylic acid groups (broad SMARTS) is 1. The highest BCUT2D eigenvalue weighted by Crippen LogP contribution is 2.29. The number of rotatable bonds is 11. The highest BCUT2D eigenvalue weighted by atomic mass is 16.6. The standard InChI is InChI=1S/C26H25NO6/c1-30-18-23(26(28)29)22-11-7-6-10-21(22)17-32-25-14-20(12-13-24(25)31-2)15-27-33-16-19-8-4-3-5-9-19/h3-15,18H,16-17H2,1-2H3,(H,28,29)/b23-18?,27-15+. The van der Waals surface area contributed by atoms with Gasteiger partial charge < -0.3 is 24.2 Å². The summed E-state index contributed by atoms with van der Waals surface area (Å²) in [7, 11) is 2.96. The van der Waals surface area contributed by atoms with Crippen LogP contribution in [0.2, 0.25) is 0 Å². The zero-order valence-corrected chi connectivity index (χ0v) is 18.4. The third-order valence-corrected chi connectivity index (χ3v) is 4.69. The lowest BCUT2D eigenvalue weighted by molar-refractivity contribution is -0.130. The van der Waals surface area contributed by atoms with E-state index in [9.17, 15) is 9.90 Å². The van der Waals surface area contributed by atoms with Crippen LogP contribution in [0.5, 0.6) is 11.5 Å². The largest absolute Gasteiger partial charge is 0.503 e. The fourth-order valence-corrected chi connectivity index (χ4v) is 3.08. The smallest absolute Gasteiger partial charge is 0.339 e. The number of carboxylic acids is 1. The van der Waals surface area contributed by atoms with Gasteiger partial charge in [0.2, 0.25) is 0 Å². The topological polar surface area (TPSA) is 86.6 Å². The third kappa shape index (κ3) is 6.61. The lowest BCUT2D eigenvalue weighted by Crippen LogP contribution is -2.06. The van der Waals surface area contributed by atoms with E-state index in [4.69, 9.17) is 19.0 Å². The van der Waals surface area contributed by atoms with Gasteiger partial charge in [0, 0.05) is 5.56 Å². The molecule has 0 aliphatic heterocycles. The lowest BCUT2D eigenvalue weighted by atomic mass is 10.0. The van der Waals surface area contributed by atoms with E-state index in [0.29, 0.717) is 29.2 Å². The Labute approximate surface area is 192 Å². The molecule has 0 atom stereocenters. The summed E-state index contributed by atoms with van der Waals surface area (Å²) in [6, 6.07) is 22.2. The average molecular weight is 447 g/mol. The van der Waals surface area contributed by atoms with Gasteiger partial charge in [-0.2, -0.15) is 0 Å². The maximum Gasteiger partial charge on any atom is 0.339 e. The quantitative estimate of drug-likeness (QED) is 0.195. The first kappa shape index (κ1) is 23.4. The molecule has 0 aliphatic rings. The number of aliphatic carboxylic acids is 1. The zero-order chi connectivity index (χ0) is 23.5. The summed E-state index contributed by atoms with van der Waals surface area (Å²) in [5, 5.41) is 13.5. The van der Waals surface area contributed by atoms with Crippen LogP contribution < -0.4 is 9.47 Å². The summed E-state index contributed by atoms with van der Waals surface area (Å²) in [5.74, 6) is -0.0526. The van der Waals surface area contributed by atoms with Crippen molar-refractivity contribution in [2.75, 3.05) is 14.2 Å². The number of carbonyl (C=O) groups is 1. The Bertz CT molecular complexity index is 1120. The van der Waals surface area contributed by atoms with Gasteiger partial charge in [0.1, 0.15) is 18.8 Å². The number of methoxy groups -OCH3 is 2. The lowest BCUT2D eigenvalue weighted by Gasteiger charge is -2.14. The minimum atomic E-state index is -1.09. The fourth-order valence-electron chi connectivity index (χ4n) is 3.08. The molecule has 0 fully saturated rings. The van der Waals surface area contributed by atoms with Gasteiger partial charge in [-0.3, -0.25) is 0 Å². The number of hydrogen-bond donors (Lipinski definition) is 1. The zero-order valence-electron chi connectivity index (χ0n) is 18.4. The van der Waals surface area contributed by atoms with E-state index in [1.54, 1.807) is 43.7 Å². The molecule has 0 amide bonds. The molecule has 3 aromatic rings. The molecule has 3 aromatic carbocycles. The van der Waals surface area contributed by atoms with Crippen molar-refractivity contribution in [1.82, 2.24) is 0 Å². The number of benzene rings is 3. The van der Waals surface area contributed by atoms with Crippen molar-refractivity contribution < 1.29 is 28.9 Å². The first-order valence-corrected chi connectivity index (χ1v) is 10.2. The molecule has 0 saturated carbocycles. The van der Waals surface area contributed by atoms with Crippen molar-refractivity contribution in [3.8, 4) is 11.5 Å². The molecule has 0 saturated heterocycles. The number of oxime groups is 1. The molecule has 7 heteroatoms. The second-order valence-corrected chi connectivity index (χ2v) is 6.92. The van der Waals surface area contributed by atoms with E-state index in [1.807, 2.05) is 42.5 Å². The predicted octanol–water partition coefficient (Wildman–Crippen LogP) is 4.90. The summed E-state index contributed by atoms with van der Waals surface area (Å²) in [6.45, 7) is 0.501. The van der Waals surface area contributed by atoms with Crippen LogP contribution >= 0.6 is 0 Å². The maximum atomic E-state index is 11.6. The molecule has 0 aliphatic carbocycles. The van der Waals surface area contributed by atoms with Crippen LogP contribution in [-0.2, 0) is 27.6 Å². The van der Waals surface area contributed by atoms with Crippen molar-refractivity contribution in [1.29, 1.82) is 0 Å². The molecule has 0 bridgehead atoms. The molecular formula is C26H25NO6. The van der Waals surface area contributed by atoms with Gasteiger partial charge in [-0.1, -0.05) is 59.8 Å². The molecule has 170 valence electrons. The first-order chi connectivity index (χ1) is 16.1. The normalized spacial score (nSPS) is 11.3. The summed E-state index contributed by atoms with van der Waals surface area (Å²) < 4.78 is 16.3. The van der Waals surface area contributed by atoms with Gasteiger partial charge in [-0.25, -0.2) is 4.79 Å². The fraction of sp³-hybridized carbons (Fsp3) is 0.154. The van der Waals surface area contributed by atoms with E-state index in [-0.39, 0.29) is 12.2 Å². The molecule has 0 aromatic heterocycles. The number of ether oxygens (including phenoxy) is 3. The van der Waals surface area contributed by atoms with Gasteiger partial charge in [0.05, 0.1) is 26.7 Å². The average Bonchev–Trinajstić information content (AvgIpc) is 2.84. The number of hydrogen-bond acceptors (Lipinski definition) is 6. The number of nitrogens with zero attached hydrogens (tertiary/aromatic N) is 1. The van der Waals surface area contributed by atoms with Crippen LogP contribution in [0.1, 0.15) is 22.3 Å². The van der Waals surface area contributed by atoms with Gasteiger partial charge in [0.25, 0.3) is 0 Å². The summed E-state index contributed by atoms with van der Waals surface area (Å²) in [5.41, 5.74) is 3.03. The van der Waals surface area contributed by atoms with Crippen LogP contribution in [-0.4, -0.2) is 31.5 Å². The molecule has 3 rings (SSSR count). The Hall–Kier alpha value is -4.26. The third-order valence-electron chi connectivity index (χ3n) is 4.69. The Morgan fingerprint density at radius 3 is 2.42 bits per heavy atom. The second kappa shape index (κ2) is 12.0. The Morgan fingerprint density at radius 2 is 1.70 bits per heavy atom. The van der Waals surface area contributed by atoms with Crippen LogP contribution in [0, 0.1) is 0 Å². The van der Waals surface area contributed by atoms with Crippen molar-refractivity contribution in [2.45, 2.75) is 13.2 Å². The van der Waals surface area contributed by atoms with Crippen LogP contribution in [0.3, 0.4) is 0 Å². The highest BCUT2D eigenvalue weighted by molar-refractivity contribution is 6.15. The van der Waals surface area contributed by atoms with Gasteiger partial charge >= 0.3 is 5.97 Å². The van der Waals surface area contributed by atoms with Crippen molar-refractivity contribution in [2.24, 2.45) is 5.16 Å². The monoisotopic (exact) mass is 447 g/mol. The Balaban J connectivity index is 1.73.